The molecule has 0 saturated carbocycles. The average Bonchev–Trinajstić information content (AvgIpc) is 2.45. The van der Waals surface area contributed by atoms with Gasteiger partial charge in [0.15, 0.2) is 0 Å². The molecule has 1 fully saturated rings. The monoisotopic (exact) mass is 390 g/mol. The third kappa shape index (κ3) is 5.88. The van der Waals surface area contributed by atoms with E-state index in [2.05, 4.69) is 47.2 Å². The molecule has 0 radical (unpaired) electrons. The lowest BCUT2D eigenvalue weighted by Gasteiger charge is -2.30. The summed E-state index contributed by atoms with van der Waals surface area (Å²) < 4.78 is 6.46. The maximum Gasteiger partial charge on any atom is 0.224 e. The number of carbonyl (C=O) groups excluding carboxylic acids is 1. The molecule has 1 aliphatic rings. The Kier molecular flexibility index (Phi) is 8.39. The number of benzene rings is 1. The highest BCUT2D eigenvalue weighted by Crippen LogP contribution is 2.16. The van der Waals surface area contributed by atoms with Gasteiger partial charge < -0.3 is 15.0 Å². The molecule has 0 aliphatic carbocycles. The van der Waals surface area contributed by atoms with E-state index in [-0.39, 0.29) is 30.4 Å². The summed E-state index contributed by atoms with van der Waals surface area (Å²) in [6, 6.07) is 8.42. The number of carbonyl (C=O) groups is 1. The number of ether oxygens (including phenoxy) is 1. The molecule has 4 nitrogen and oxygen atoms in total. The number of nitrogens with one attached hydrogen (secondary N) is 1. The molecular weight excluding hydrogens is 368 g/mol. The van der Waals surface area contributed by atoms with Crippen LogP contribution in [0.15, 0.2) is 28.7 Å². The van der Waals surface area contributed by atoms with Gasteiger partial charge in [-0.1, -0.05) is 28.1 Å². The van der Waals surface area contributed by atoms with Crippen LogP contribution in [0.1, 0.15) is 25.8 Å². The fourth-order valence-electron chi connectivity index (χ4n) is 2.47. The topological polar surface area (TPSA) is 41.6 Å². The highest BCUT2D eigenvalue weighted by atomic mass is 79.9. The number of amides is 1. The minimum Gasteiger partial charge on any atom is -0.378 e. The second kappa shape index (κ2) is 9.50. The summed E-state index contributed by atoms with van der Waals surface area (Å²) in [4.78, 5) is 14.5. The van der Waals surface area contributed by atoms with Gasteiger partial charge >= 0.3 is 0 Å². The summed E-state index contributed by atoms with van der Waals surface area (Å²) >= 11 is 3.48. The predicted octanol–water partition coefficient (Wildman–Crippen LogP) is 2.99. The smallest absolute Gasteiger partial charge is 0.224 e. The second-order valence-electron chi connectivity index (χ2n) is 5.68. The van der Waals surface area contributed by atoms with E-state index in [9.17, 15) is 4.79 Å². The van der Waals surface area contributed by atoms with E-state index in [1.807, 2.05) is 17.0 Å². The normalized spacial score (nSPS) is 17.9. The van der Waals surface area contributed by atoms with Crippen LogP contribution in [0.3, 0.4) is 0 Å². The molecule has 1 aromatic carbocycles. The van der Waals surface area contributed by atoms with Gasteiger partial charge in [-0.25, -0.2) is 0 Å². The molecule has 124 valence electrons. The Morgan fingerprint density at radius 2 is 2.27 bits per heavy atom. The SMILES string of the molecule is CC(C)N(Cc1cccc(Br)c1)C(=O)CC1COCCN1.Cl. The average molecular weight is 392 g/mol. The maximum absolute atomic E-state index is 12.6. The third-order valence-corrected chi connectivity index (χ3v) is 4.10. The zero-order chi connectivity index (χ0) is 15.2. The zero-order valence-electron chi connectivity index (χ0n) is 13.0. The Labute approximate surface area is 147 Å². The van der Waals surface area contributed by atoms with E-state index in [1.165, 1.54) is 0 Å². The minimum atomic E-state index is 0. The molecule has 1 aromatic rings. The summed E-state index contributed by atoms with van der Waals surface area (Å²) in [5.41, 5.74) is 1.14. The molecule has 0 bridgehead atoms. The standard InChI is InChI=1S/C16H23BrN2O2.ClH/c1-12(2)19(10-13-4-3-5-14(17)8-13)16(20)9-15-11-21-7-6-18-15;/h3-5,8,12,15,18H,6-7,9-11H2,1-2H3;1H. The Bertz CT molecular complexity index is 479. The maximum atomic E-state index is 12.6. The molecule has 0 spiro atoms. The van der Waals surface area contributed by atoms with Gasteiger partial charge in [0.2, 0.25) is 5.91 Å². The number of morpholine rings is 1. The molecule has 1 amide bonds. The highest BCUT2D eigenvalue weighted by molar-refractivity contribution is 9.10. The van der Waals surface area contributed by atoms with Gasteiger partial charge in [0.05, 0.1) is 13.2 Å². The van der Waals surface area contributed by atoms with Gasteiger partial charge in [0, 0.05) is 36.1 Å². The van der Waals surface area contributed by atoms with Crippen LogP contribution in [-0.4, -0.2) is 42.6 Å². The molecule has 2 rings (SSSR count). The molecule has 1 heterocycles. The van der Waals surface area contributed by atoms with Crippen LogP contribution in [0.2, 0.25) is 0 Å². The van der Waals surface area contributed by atoms with Gasteiger partial charge in [-0.3, -0.25) is 4.79 Å². The first kappa shape index (κ1) is 19.4. The Morgan fingerprint density at radius 1 is 1.50 bits per heavy atom. The van der Waals surface area contributed by atoms with Crippen LogP contribution in [-0.2, 0) is 16.1 Å². The first-order valence-corrected chi connectivity index (χ1v) is 8.20. The summed E-state index contributed by atoms with van der Waals surface area (Å²) in [5.74, 6) is 0.174. The molecule has 1 saturated heterocycles. The summed E-state index contributed by atoms with van der Waals surface area (Å²) in [5, 5.41) is 3.34. The molecule has 1 N–H and O–H groups in total. The van der Waals surface area contributed by atoms with Crippen molar-refractivity contribution in [3.63, 3.8) is 0 Å². The third-order valence-electron chi connectivity index (χ3n) is 3.61. The summed E-state index contributed by atoms with van der Waals surface area (Å²) in [6.07, 6.45) is 0.492. The van der Waals surface area contributed by atoms with Crippen LogP contribution < -0.4 is 5.32 Å². The first-order chi connectivity index (χ1) is 10.1. The number of hydrogen-bond acceptors (Lipinski definition) is 3. The van der Waals surface area contributed by atoms with Gasteiger partial charge in [-0.05, 0) is 31.5 Å². The molecule has 6 heteroatoms. The fourth-order valence-corrected chi connectivity index (χ4v) is 2.92. The number of nitrogens with zero attached hydrogens (tertiary/aromatic N) is 1. The molecule has 0 aromatic heterocycles. The van der Waals surface area contributed by atoms with Crippen molar-refractivity contribution < 1.29 is 9.53 Å². The van der Waals surface area contributed by atoms with E-state index in [4.69, 9.17) is 4.74 Å². The van der Waals surface area contributed by atoms with Crippen LogP contribution in [0.4, 0.5) is 0 Å². The van der Waals surface area contributed by atoms with Crippen molar-refractivity contribution in [2.45, 2.75) is 38.9 Å². The van der Waals surface area contributed by atoms with Crippen molar-refractivity contribution in [3.05, 3.63) is 34.3 Å². The molecule has 1 aliphatic heterocycles. The van der Waals surface area contributed by atoms with Gasteiger partial charge in [0.25, 0.3) is 0 Å². The minimum absolute atomic E-state index is 0. The molecular formula is C16H24BrClN2O2. The Hall–Kier alpha value is -0.620. The lowest BCUT2D eigenvalue weighted by molar-refractivity contribution is -0.134. The van der Waals surface area contributed by atoms with Crippen molar-refractivity contribution in [1.82, 2.24) is 10.2 Å². The molecule has 1 atom stereocenters. The van der Waals surface area contributed by atoms with Crippen LogP contribution >= 0.6 is 28.3 Å². The molecule has 1 unspecified atom stereocenters. The predicted molar refractivity (Wildman–Crippen MR) is 94.3 cm³/mol. The largest absolute Gasteiger partial charge is 0.378 e. The van der Waals surface area contributed by atoms with Crippen molar-refractivity contribution >= 4 is 34.2 Å². The lowest BCUT2D eigenvalue weighted by atomic mass is 10.1. The van der Waals surface area contributed by atoms with Gasteiger partial charge in [-0.15, -0.1) is 12.4 Å². The van der Waals surface area contributed by atoms with Crippen molar-refractivity contribution in [3.8, 4) is 0 Å². The van der Waals surface area contributed by atoms with Crippen LogP contribution in [0.5, 0.6) is 0 Å². The van der Waals surface area contributed by atoms with Gasteiger partial charge in [-0.2, -0.15) is 0 Å². The second-order valence-corrected chi connectivity index (χ2v) is 6.59. The van der Waals surface area contributed by atoms with Crippen molar-refractivity contribution in [2.75, 3.05) is 19.8 Å². The summed E-state index contributed by atoms with van der Waals surface area (Å²) in [7, 11) is 0. The van der Waals surface area contributed by atoms with E-state index < -0.39 is 0 Å². The first-order valence-electron chi connectivity index (χ1n) is 7.41. The molecule has 22 heavy (non-hydrogen) atoms. The van der Waals surface area contributed by atoms with E-state index in [0.29, 0.717) is 19.6 Å². The Balaban J connectivity index is 0.00000242. The quantitative estimate of drug-likeness (QED) is 0.839. The number of rotatable bonds is 5. The lowest BCUT2D eigenvalue weighted by Crippen LogP contribution is -2.46. The van der Waals surface area contributed by atoms with Gasteiger partial charge in [0.1, 0.15) is 0 Å². The van der Waals surface area contributed by atoms with Crippen molar-refractivity contribution in [2.24, 2.45) is 0 Å². The van der Waals surface area contributed by atoms with E-state index in [0.717, 1.165) is 23.2 Å². The van der Waals surface area contributed by atoms with Crippen LogP contribution in [0.25, 0.3) is 0 Å². The van der Waals surface area contributed by atoms with E-state index >= 15 is 0 Å². The van der Waals surface area contributed by atoms with Crippen LogP contribution in [0, 0.1) is 0 Å². The highest BCUT2D eigenvalue weighted by Gasteiger charge is 2.23. The fraction of sp³-hybridized carbons (Fsp3) is 0.562. The number of halogens is 2. The van der Waals surface area contributed by atoms with E-state index in [1.54, 1.807) is 0 Å². The summed E-state index contributed by atoms with van der Waals surface area (Å²) in [6.45, 7) is 6.93. The number of hydrogen-bond donors (Lipinski definition) is 1. The Morgan fingerprint density at radius 3 is 2.86 bits per heavy atom. The zero-order valence-corrected chi connectivity index (χ0v) is 15.5. The van der Waals surface area contributed by atoms with Crippen molar-refractivity contribution in [1.29, 1.82) is 0 Å².